The first-order valence-electron chi connectivity index (χ1n) is 10.7. The normalized spacial score (nSPS) is 14.3. The zero-order valence-electron chi connectivity index (χ0n) is 18.7. The highest BCUT2D eigenvalue weighted by atomic mass is 35.5. The number of thioether (sulfide) groups is 1. The molecule has 1 N–H and O–H groups in total. The number of anilines is 2. The lowest BCUT2D eigenvalue weighted by atomic mass is 10.2. The molecular formula is C26H21ClN2O4S2. The van der Waals surface area contributed by atoms with Crippen LogP contribution in [-0.4, -0.2) is 29.3 Å². The smallest absolute Gasteiger partial charge is 0.270 e. The van der Waals surface area contributed by atoms with Crippen LogP contribution in [0.1, 0.15) is 12.5 Å². The highest BCUT2D eigenvalue weighted by Gasteiger charge is 2.33. The van der Waals surface area contributed by atoms with Crippen molar-refractivity contribution >= 4 is 69.2 Å². The third-order valence-electron chi connectivity index (χ3n) is 4.90. The molecule has 0 spiro atoms. The van der Waals surface area contributed by atoms with Crippen LogP contribution in [0.15, 0.2) is 77.7 Å². The van der Waals surface area contributed by atoms with Gasteiger partial charge in [-0.1, -0.05) is 59.8 Å². The van der Waals surface area contributed by atoms with E-state index in [9.17, 15) is 9.59 Å². The third-order valence-corrected chi connectivity index (χ3v) is 6.53. The first-order chi connectivity index (χ1) is 16.9. The van der Waals surface area contributed by atoms with Gasteiger partial charge in [0.15, 0.2) is 10.9 Å². The Bertz CT molecular complexity index is 1280. The molecule has 0 aliphatic carbocycles. The van der Waals surface area contributed by atoms with Gasteiger partial charge in [0.05, 0.1) is 27.9 Å². The molecule has 0 radical (unpaired) electrons. The Morgan fingerprint density at radius 3 is 2.37 bits per heavy atom. The van der Waals surface area contributed by atoms with E-state index >= 15 is 0 Å². The Balaban J connectivity index is 1.36. The van der Waals surface area contributed by atoms with Crippen LogP contribution in [0.4, 0.5) is 11.4 Å². The van der Waals surface area contributed by atoms with E-state index in [0.29, 0.717) is 38.0 Å². The summed E-state index contributed by atoms with van der Waals surface area (Å²) >= 11 is 12.7. The van der Waals surface area contributed by atoms with Crippen LogP contribution in [0, 0.1) is 0 Å². The monoisotopic (exact) mass is 524 g/mol. The summed E-state index contributed by atoms with van der Waals surface area (Å²) in [5.74, 6) is 0.764. The van der Waals surface area contributed by atoms with Gasteiger partial charge >= 0.3 is 0 Å². The minimum atomic E-state index is -0.319. The second-order valence-electron chi connectivity index (χ2n) is 7.33. The SMILES string of the molecule is CCOc1ccc(N2C(=O)/C(=C/c3ccc(OCC(=O)Nc4ccccc4Cl)cc3)SC2=S)cc1. The van der Waals surface area contributed by atoms with Crippen LogP contribution in [-0.2, 0) is 9.59 Å². The largest absolute Gasteiger partial charge is 0.494 e. The van der Waals surface area contributed by atoms with Gasteiger partial charge in [-0.2, -0.15) is 0 Å². The molecule has 4 rings (SSSR count). The van der Waals surface area contributed by atoms with Crippen molar-refractivity contribution in [2.75, 3.05) is 23.4 Å². The number of benzene rings is 3. The van der Waals surface area contributed by atoms with Crippen LogP contribution < -0.4 is 19.7 Å². The van der Waals surface area contributed by atoms with Gasteiger partial charge in [0.1, 0.15) is 11.5 Å². The van der Waals surface area contributed by atoms with E-state index in [2.05, 4.69) is 5.32 Å². The number of ether oxygens (including phenoxy) is 2. The lowest BCUT2D eigenvalue weighted by Crippen LogP contribution is -2.27. The van der Waals surface area contributed by atoms with E-state index in [-0.39, 0.29) is 18.4 Å². The van der Waals surface area contributed by atoms with Crippen LogP contribution in [0.3, 0.4) is 0 Å². The molecule has 2 amide bonds. The van der Waals surface area contributed by atoms with Gasteiger partial charge in [0.2, 0.25) is 0 Å². The molecule has 9 heteroatoms. The summed E-state index contributed by atoms with van der Waals surface area (Å²) in [7, 11) is 0. The number of carbonyl (C=O) groups excluding carboxylic acids is 2. The van der Waals surface area contributed by atoms with E-state index < -0.39 is 0 Å². The average Bonchev–Trinajstić information content (AvgIpc) is 3.13. The lowest BCUT2D eigenvalue weighted by molar-refractivity contribution is -0.118. The summed E-state index contributed by atoms with van der Waals surface area (Å²) < 4.78 is 11.5. The summed E-state index contributed by atoms with van der Waals surface area (Å²) in [5, 5.41) is 3.16. The fourth-order valence-corrected chi connectivity index (χ4v) is 4.74. The zero-order valence-corrected chi connectivity index (χ0v) is 21.1. The number of rotatable bonds is 8. The van der Waals surface area contributed by atoms with E-state index in [4.69, 9.17) is 33.3 Å². The summed E-state index contributed by atoms with van der Waals surface area (Å²) in [5.41, 5.74) is 2.03. The minimum absolute atomic E-state index is 0.161. The van der Waals surface area contributed by atoms with Crippen molar-refractivity contribution in [1.29, 1.82) is 0 Å². The van der Waals surface area contributed by atoms with Crippen molar-refractivity contribution < 1.29 is 19.1 Å². The lowest BCUT2D eigenvalue weighted by Gasteiger charge is -2.15. The van der Waals surface area contributed by atoms with E-state index in [1.165, 1.54) is 16.7 Å². The summed E-state index contributed by atoms with van der Waals surface area (Å²) in [6.45, 7) is 2.33. The van der Waals surface area contributed by atoms with Gasteiger partial charge in [-0.05, 0) is 67.1 Å². The number of amides is 2. The number of hydrogen-bond donors (Lipinski definition) is 1. The maximum Gasteiger partial charge on any atom is 0.270 e. The third kappa shape index (κ3) is 6.22. The van der Waals surface area contributed by atoms with Gasteiger partial charge in [-0.25, -0.2) is 0 Å². The van der Waals surface area contributed by atoms with Crippen LogP contribution in [0.5, 0.6) is 11.5 Å². The number of halogens is 1. The molecule has 0 unspecified atom stereocenters. The van der Waals surface area contributed by atoms with Crippen LogP contribution >= 0.6 is 35.6 Å². The molecule has 1 aliphatic heterocycles. The summed E-state index contributed by atoms with van der Waals surface area (Å²) in [6, 6.07) is 21.3. The number of thiocarbonyl (C=S) groups is 1. The topological polar surface area (TPSA) is 67.9 Å². The molecule has 35 heavy (non-hydrogen) atoms. The first kappa shape index (κ1) is 24.8. The summed E-state index contributed by atoms with van der Waals surface area (Å²) in [6.07, 6.45) is 1.78. The molecule has 0 saturated carbocycles. The predicted molar refractivity (Wildman–Crippen MR) is 145 cm³/mol. The Morgan fingerprint density at radius 2 is 1.69 bits per heavy atom. The number of carbonyl (C=O) groups is 2. The molecule has 6 nitrogen and oxygen atoms in total. The Labute approximate surface area is 217 Å². The quantitative estimate of drug-likeness (QED) is 0.281. The number of nitrogens with zero attached hydrogens (tertiary/aromatic N) is 1. The Morgan fingerprint density at radius 1 is 1.03 bits per heavy atom. The van der Waals surface area contributed by atoms with Gasteiger partial charge in [0, 0.05) is 0 Å². The van der Waals surface area contributed by atoms with Crippen molar-refractivity contribution in [2.24, 2.45) is 0 Å². The maximum atomic E-state index is 13.0. The van der Waals surface area contributed by atoms with E-state index in [1.807, 2.05) is 43.3 Å². The molecule has 0 aromatic heterocycles. The number of para-hydroxylation sites is 1. The van der Waals surface area contributed by atoms with E-state index in [0.717, 1.165) is 11.3 Å². The highest BCUT2D eigenvalue weighted by molar-refractivity contribution is 8.27. The zero-order chi connectivity index (χ0) is 24.8. The van der Waals surface area contributed by atoms with Crippen molar-refractivity contribution in [2.45, 2.75) is 6.92 Å². The fraction of sp³-hybridized carbons (Fsp3) is 0.115. The molecule has 3 aromatic carbocycles. The second-order valence-corrected chi connectivity index (χ2v) is 9.41. The van der Waals surface area contributed by atoms with Crippen molar-refractivity contribution in [3.05, 3.63) is 88.3 Å². The van der Waals surface area contributed by atoms with Gasteiger partial charge in [-0.15, -0.1) is 0 Å². The summed E-state index contributed by atoms with van der Waals surface area (Å²) in [4.78, 5) is 27.2. The van der Waals surface area contributed by atoms with Gasteiger partial charge in [-0.3, -0.25) is 14.5 Å². The number of nitrogens with one attached hydrogen (secondary N) is 1. The van der Waals surface area contributed by atoms with Crippen LogP contribution in [0.2, 0.25) is 5.02 Å². The molecule has 178 valence electrons. The number of hydrogen-bond acceptors (Lipinski definition) is 6. The fourth-order valence-electron chi connectivity index (χ4n) is 3.26. The van der Waals surface area contributed by atoms with Crippen molar-refractivity contribution in [3.63, 3.8) is 0 Å². The highest BCUT2D eigenvalue weighted by Crippen LogP contribution is 2.36. The van der Waals surface area contributed by atoms with Crippen molar-refractivity contribution in [3.8, 4) is 11.5 Å². The molecule has 1 aliphatic rings. The van der Waals surface area contributed by atoms with Crippen molar-refractivity contribution in [1.82, 2.24) is 0 Å². The Kier molecular flexibility index (Phi) is 8.07. The molecule has 0 bridgehead atoms. The van der Waals surface area contributed by atoms with Gasteiger partial charge < -0.3 is 14.8 Å². The molecule has 3 aromatic rings. The van der Waals surface area contributed by atoms with Crippen LogP contribution in [0.25, 0.3) is 6.08 Å². The standard InChI is InChI=1S/C26H21ClN2O4S2/c1-2-32-19-13-9-18(10-14-19)29-25(31)23(35-26(29)34)15-17-7-11-20(12-8-17)33-16-24(30)28-22-6-4-3-5-21(22)27/h3-15H,2,16H2,1H3,(H,28,30)/b23-15-. The minimum Gasteiger partial charge on any atom is -0.494 e. The Hall–Kier alpha value is -3.33. The van der Waals surface area contributed by atoms with E-state index in [1.54, 1.807) is 42.5 Å². The predicted octanol–water partition coefficient (Wildman–Crippen LogP) is 6.16. The average molecular weight is 525 g/mol. The maximum absolute atomic E-state index is 13.0. The molecule has 1 saturated heterocycles. The first-order valence-corrected chi connectivity index (χ1v) is 12.3. The molecule has 1 fully saturated rings. The molecule has 0 atom stereocenters. The van der Waals surface area contributed by atoms with Gasteiger partial charge in [0.25, 0.3) is 11.8 Å². The molecule has 1 heterocycles. The second kappa shape index (κ2) is 11.4. The molecular weight excluding hydrogens is 504 g/mol.